The standard InChI is InChI=1S/C16H31N/c1-3-5-7-8-9-11-15-12-10-13-16(15)17-14-6-4-2/h15H,3-14H2,1-2H3. The fraction of sp³-hybridized carbons (Fsp3) is 0.938. The second-order valence-electron chi connectivity index (χ2n) is 5.52. The van der Waals surface area contributed by atoms with Crippen molar-refractivity contribution >= 4 is 5.71 Å². The van der Waals surface area contributed by atoms with Gasteiger partial charge in [0.15, 0.2) is 0 Å². The molecule has 0 bridgehead atoms. The summed E-state index contributed by atoms with van der Waals surface area (Å²) in [4.78, 5) is 4.83. The first-order valence-corrected chi connectivity index (χ1v) is 7.91. The van der Waals surface area contributed by atoms with E-state index in [4.69, 9.17) is 4.99 Å². The molecule has 1 aliphatic rings. The number of aliphatic imine (C=N–C) groups is 1. The Morgan fingerprint density at radius 1 is 1.00 bits per heavy atom. The number of hydrogen-bond acceptors (Lipinski definition) is 1. The summed E-state index contributed by atoms with van der Waals surface area (Å²) in [5, 5.41) is 0. The maximum atomic E-state index is 4.83. The summed E-state index contributed by atoms with van der Waals surface area (Å²) < 4.78 is 0. The van der Waals surface area contributed by atoms with Crippen LogP contribution in [0.25, 0.3) is 0 Å². The number of hydrogen-bond donors (Lipinski definition) is 0. The molecule has 1 fully saturated rings. The molecule has 1 nitrogen and oxygen atoms in total. The Bertz CT molecular complexity index is 208. The normalized spacial score (nSPS) is 22.5. The van der Waals surface area contributed by atoms with Crippen molar-refractivity contribution in [1.82, 2.24) is 0 Å². The van der Waals surface area contributed by atoms with Gasteiger partial charge in [-0.2, -0.15) is 0 Å². The van der Waals surface area contributed by atoms with Gasteiger partial charge >= 0.3 is 0 Å². The summed E-state index contributed by atoms with van der Waals surface area (Å²) in [6.07, 6.45) is 15.1. The van der Waals surface area contributed by atoms with Crippen molar-refractivity contribution in [3.8, 4) is 0 Å². The van der Waals surface area contributed by atoms with Gasteiger partial charge < -0.3 is 0 Å². The van der Waals surface area contributed by atoms with Crippen molar-refractivity contribution in [2.75, 3.05) is 6.54 Å². The first-order valence-electron chi connectivity index (χ1n) is 7.91. The second-order valence-corrected chi connectivity index (χ2v) is 5.52. The fourth-order valence-electron chi connectivity index (χ4n) is 2.79. The zero-order valence-electron chi connectivity index (χ0n) is 12.0. The van der Waals surface area contributed by atoms with E-state index in [1.165, 1.54) is 70.6 Å². The molecule has 1 unspecified atom stereocenters. The highest BCUT2D eigenvalue weighted by molar-refractivity contribution is 5.88. The lowest BCUT2D eigenvalue weighted by Gasteiger charge is -2.11. The predicted molar refractivity (Wildman–Crippen MR) is 77.9 cm³/mol. The molecule has 0 saturated heterocycles. The molecule has 0 aromatic carbocycles. The van der Waals surface area contributed by atoms with Gasteiger partial charge in [0.1, 0.15) is 0 Å². The highest BCUT2D eigenvalue weighted by Crippen LogP contribution is 2.27. The molecule has 0 N–H and O–H groups in total. The van der Waals surface area contributed by atoms with Crippen LogP contribution >= 0.6 is 0 Å². The smallest absolute Gasteiger partial charge is 0.0388 e. The van der Waals surface area contributed by atoms with E-state index in [2.05, 4.69) is 13.8 Å². The molecule has 0 aromatic heterocycles. The van der Waals surface area contributed by atoms with E-state index in [0.29, 0.717) is 0 Å². The molecule has 0 radical (unpaired) electrons. The topological polar surface area (TPSA) is 12.4 Å². The quantitative estimate of drug-likeness (QED) is 0.477. The van der Waals surface area contributed by atoms with Crippen LogP contribution in [0, 0.1) is 5.92 Å². The zero-order valence-corrected chi connectivity index (χ0v) is 12.0. The van der Waals surface area contributed by atoms with Crippen LogP contribution in [0.5, 0.6) is 0 Å². The van der Waals surface area contributed by atoms with Crippen molar-refractivity contribution in [3.05, 3.63) is 0 Å². The lowest BCUT2D eigenvalue weighted by atomic mass is 9.98. The van der Waals surface area contributed by atoms with Crippen molar-refractivity contribution < 1.29 is 0 Å². The van der Waals surface area contributed by atoms with Gasteiger partial charge in [-0.25, -0.2) is 0 Å². The van der Waals surface area contributed by atoms with E-state index < -0.39 is 0 Å². The monoisotopic (exact) mass is 237 g/mol. The molecule has 1 aliphatic carbocycles. The maximum Gasteiger partial charge on any atom is 0.0388 e. The Balaban J connectivity index is 2.15. The molecule has 1 heteroatoms. The molecule has 0 spiro atoms. The molecule has 0 aromatic rings. The van der Waals surface area contributed by atoms with E-state index in [1.54, 1.807) is 5.71 Å². The number of unbranched alkanes of at least 4 members (excludes halogenated alkanes) is 5. The lowest BCUT2D eigenvalue weighted by Crippen LogP contribution is -2.07. The third-order valence-electron chi connectivity index (χ3n) is 3.94. The van der Waals surface area contributed by atoms with Crippen molar-refractivity contribution in [2.45, 2.75) is 84.5 Å². The van der Waals surface area contributed by atoms with Crippen molar-refractivity contribution in [1.29, 1.82) is 0 Å². The van der Waals surface area contributed by atoms with Gasteiger partial charge in [-0.1, -0.05) is 52.4 Å². The average molecular weight is 237 g/mol. The van der Waals surface area contributed by atoms with Crippen LogP contribution in [0.4, 0.5) is 0 Å². The number of rotatable bonds is 9. The largest absolute Gasteiger partial charge is 0.294 e. The minimum absolute atomic E-state index is 0.855. The van der Waals surface area contributed by atoms with Gasteiger partial charge in [0, 0.05) is 12.3 Å². The average Bonchev–Trinajstić information content (AvgIpc) is 2.77. The first-order chi connectivity index (χ1) is 8.38. The highest BCUT2D eigenvalue weighted by atomic mass is 14.7. The Kier molecular flexibility index (Phi) is 8.38. The van der Waals surface area contributed by atoms with Gasteiger partial charge in [0.2, 0.25) is 0 Å². The van der Waals surface area contributed by atoms with E-state index in [0.717, 1.165) is 12.5 Å². The van der Waals surface area contributed by atoms with Gasteiger partial charge in [-0.15, -0.1) is 0 Å². The molecule has 100 valence electrons. The van der Waals surface area contributed by atoms with Crippen LogP contribution in [0.3, 0.4) is 0 Å². The third kappa shape index (κ3) is 6.24. The molecule has 17 heavy (non-hydrogen) atoms. The molecule has 1 rings (SSSR count). The zero-order chi connectivity index (χ0) is 12.3. The van der Waals surface area contributed by atoms with Crippen LogP contribution in [-0.2, 0) is 0 Å². The van der Waals surface area contributed by atoms with Crippen LogP contribution in [-0.4, -0.2) is 12.3 Å². The molecule has 0 amide bonds. The summed E-state index contributed by atoms with van der Waals surface area (Å²) in [5.41, 5.74) is 1.56. The van der Waals surface area contributed by atoms with Crippen molar-refractivity contribution in [2.24, 2.45) is 10.9 Å². The fourth-order valence-corrected chi connectivity index (χ4v) is 2.79. The molecule has 1 atom stereocenters. The SMILES string of the molecule is CCCCCCCC1CCCC1=NCCCC. The van der Waals surface area contributed by atoms with E-state index in [9.17, 15) is 0 Å². The minimum atomic E-state index is 0.855. The molecule has 0 aliphatic heterocycles. The Hall–Kier alpha value is -0.330. The van der Waals surface area contributed by atoms with E-state index in [-0.39, 0.29) is 0 Å². The second kappa shape index (κ2) is 9.67. The van der Waals surface area contributed by atoms with Gasteiger partial charge in [-0.3, -0.25) is 4.99 Å². The first kappa shape index (κ1) is 14.7. The highest BCUT2D eigenvalue weighted by Gasteiger charge is 2.21. The van der Waals surface area contributed by atoms with Crippen molar-refractivity contribution in [3.63, 3.8) is 0 Å². The summed E-state index contributed by atoms with van der Waals surface area (Å²) in [6.45, 7) is 5.62. The molecular weight excluding hydrogens is 206 g/mol. The van der Waals surface area contributed by atoms with Crippen LogP contribution < -0.4 is 0 Å². The Morgan fingerprint density at radius 2 is 1.76 bits per heavy atom. The Labute approximate surface area is 108 Å². The minimum Gasteiger partial charge on any atom is -0.294 e. The van der Waals surface area contributed by atoms with E-state index >= 15 is 0 Å². The summed E-state index contributed by atoms with van der Waals surface area (Å²) in [6, 6.07) is 0. The molecule has 0 heterocycles. The predicted octanol–water partition coefficient (Wildman–Crippen LogP) is 5.39. The van der Waals surface area contributed by atoms with Crippen LogP contribution in [0.2, 0.25) is 0 Å². The summed E-state index contributed by atoms with van der Waals surface area (Å²) in [7, 11) is 0. The Morgan fingerprint density at radius 3 is 2.53 bits per heavy atom. The summed E-state index contributed by atoms with van der Waals surface area (Å²) in [5.74, 6) is 0.855. The van der Waals surface area contributed by atoms with E-state index in [1.807, 2.05) is 0 Å². The summed E-state index contributed by atoms with van der Waals surface area (Å²) >= 11 is 0. The van der Waals surface area contributed by atoms with Gasteiger partial charge in [0.05, 0.1) is 0 Å². The van der Waals surface area contributed by atoms with Crippen LogP contribution in [0.15, 0.2) is 4.99 Å². The van der Waals surface area contributed by atoms with Gasteiger partial charge in [0.25, 0.3) is 0 Å². The third-order valence-corrected chi connectivity index (χ3v) is 3.94. The molecular formula is C16H31N. The molecule has 1 saturated carbocycles. The van der Waals surface area contributed by atoms with Crippen LogP contribution in [0.1, 0.15) is 84.5 Å². The maximum absolute atomic E-state index is 4.83. The van der Waals surface area contributed by atoms with Gasteiger partial charge in [-0.05, 0) is 38.0 Å². The lowest BCUT2D eigenvalue weighted by molar-refractivity contribution is 0.535. The number of nitrogens with zero attached hydrogens (tertiary/aromatic N) is 1.